The topological polar surface area (TPSA) is 86.8 Å². The van der Waals surface area contributed by atoms with E-state index in [-0.39, 0.29) is 12.4 Å². The van der Waals surface area contributed by atoms with Gasteiger partial charge in [0.15, 0.2) is 22.4 Å². The van der Waals surface area contributed by atoms with Crippen molar-refractivity contribution in [3.8, 4) is 11.5 Å². The maximum absolute atomic E-state index is 12.2. The van der Waals surface area contributed by atoms with E-state index >= 15 is 0 Å². The zero-order valence-corrected chi connectivity index (χ0v) is 18.2. The Morgan fingerprint density at radius 1 is 1.13 bits per heavy atom. The molecule has 160 valence electrons. The Labute approximate surface area is 187 Å². The summed E-state index contributed by atoms with van der Waals surface area (Å²) in [6, 6.07) is 13.1. The number of hydrogen-bond acceptors (Lipinski definition) is 8. The molecule has 2 aliphatic rings. The van der Waals surface area contributed by atoms with Crippen molar-refractivity contribution in [3.05, 3.63) is 42.5 Å². The molecule has 3 aromatic rings. The van der Waals surface area contributed by atoms with Crippen molar-refractivity contribution in [3.63, 3.8) is 0 Å². The lowest BCUT2D eigenvalue weighted by molar-refractivity contribution is -0.144. The summed E-state index contributed by atoms with van der Waals surface area (Å²) in [4.78, 5) is 28.6. The lowest BCUT2D eigenvalue weighted by Gasteiger charge is -2.21. The molecule has 1 amide bonds. The van der Waals surface area contributed by atoms with Gasteiger partial charge in [-0.1, -0.05) is 23.9 Å². The predicted octanol–water partition coefficient (Wildman–Crippen LogP) is 4.61. The highest BCUT2D eigenvalue weighted by Crippen LogP contribution is 2.47. The number of carbonyl (C=O) groups is 2. The number of hydrogen-bond donors (Lipinski definition) is 1. The molecule has 1 N–H and O–H groups in total. The lowest BCUT2D eigenvalue weighted by Crippen LogP contribution is -2.34. The maximum atomic E-state index is 12.2. The number of anilines is 1. The van der Waals surface area contributed by atoms with E-state index in [9.17, 15) is 9.59 Å². The molecule has 0 unspecified atom stereocenters. The molecular weight excluding hydrogens is 436 g/mol. The van der Waals surface area contributed by atoms with E-state index in [0.717, 1.165) is 40.2 Å². The van der Waals surface area contributed by atoms with Gasteiger partial charge in [0.05, 0.1) is 16.0 Å². The zero-order valence-electron chi connectivity index (χ0n) is 16.6. The van der Waals surface area contributed by atoms with Crippen LogP contribution >= 0.6 is 23.1 Å². The van der Waals surface area contributed by atoms with Gasteiger partial charge in [-0.15, -0.1) is 11.3 Å². The molecule has 9 heteroatoms. The number of amides is 1. The van der Waals surface area contributed by atoms with Crippen molar-refractivity contribution in [2.24, 2.45) is 0 Å². The van der Waals surface area contributed by atoms with Crippen molar-refractivity contribution in [1.82, 2.24) is 4.98 Å². The predicted molar refractivity (Wildman–Crippen MR) is 119 cm³/mol. The number of carbonyl (C=O) groups excluding carboxylic acids is 2. The van der Waals surface area contributed by atoms with E-state index in [4.69, 9.17) is 14.2 Å². The number of thioether (sulfide) groups is 1. The van der Waals surface area contributed by atoms with Gasteiger partial charge in [-0.2, -0.15) is 0 Å². The molecule has 0 radical (unpaired) electrons. The highest BCUT2D eigenvalue weighted by molar-refractivity contribution is 8.01. The van der Waals surface area contributed by atoms with Crippen molar-refractivity contribution in [2.45, 2.75) is 35.8 Å². The van der Waals surface area contributed by atoms with E-state index in [1.807, 2.05) is 24.3 Å². The van der Waals surface area contributed by atoms with Crippen LogP contribution in [0, 0.1) is 0 Å². The molecule has 1 aliphatic carbocycles. The molecule has 1 spiro atoms. The number of thiazole rings is 1. The average molecular weight is 457 g/mol. The minimum atomic E-state index is -0.540. The highest BCUT2D eigenvalue weighted by atomic mass is 32.2. The molecule has 1 aliphatic heterocycles. The van der Waals surface area contributed by atoms with Gasteiger partial charge < -0.3 is 19.5 Å². The Balaban J connectivity index is 1.09. The summed E-state index contributed by atoms with van der Waals surface area (Å²) in [5, 5.41) is 2.73. The van der Waals surface area contributed by atoms with Crippen molar-refractivity contribution < 1.29 is 23.8 Å². The fraction of sp³-hybridized carbons (Fsp3) is 0.318. The minimum Gasteiger partial charge on any atom is -0.455 e. The molecule has 0 saturated heterocycles. The summed E-state index contributed by atoms with van der Waals surface area (Å²) in [7, 11) is 0. The Morgan fingerprint density at radius 3 is 2.77 bits per heavy atom. The van der Waals surface area contributed by atoms with Gasteiger partial charge in [-0.3, -0.25) is 9.59 Å². The minimum absolute atomic E-state index is 0.0964. The normalized spacial score (nSPS) is 16.0. The third-order valence-corrected chi connectivity index (χ3v) is 7.29. The van der Waals surface area contributed by atoms with E-state index in [1.54, 1.807) is 18.2 Å². The number of rotatable bonds is 6. The van der Waals surface area contributed by atoms with Crippen LogP contribution in [0.15, 0.2) is 46.8 Å². The van der Waals surface area contributed by atoms with E-state index in [0.29, 0.717) is 17.2 Å². The largest absolute Gasteiger partial charge is 0.455 e. The summed E-state index contributed by atoms with van der Waals surface area (Å²) < 4.78 is 18.9. The number of fused-ring (bicyclic) bond motifs is 2. The number of aromatic nitrogens is 1. The van der Waals surface area contributed by atoms with Crippen LogP contribution in [0.25, 0.3) is 10.2 Å². The lowest BCUT2D eigenvalue weighted by atomic mass is 10.2. The molecule has 0 atom stereocenters. The first-order valence-corrected chi connectivity index (χ1v) is 11.8. The maximum Gasteiger partial charge on any atom is 0.316 e. The van der Waals surface area contributed by atoms with Crippen LogP contribution in [0.4, 0.5) is 5.69 Å². The fourth-order valence-corrected chi connectivity index (χ4v) is 5.57. The number of nitrogens with zero attached hydrogens (tertiary/aromatic N) is 1. The number of ether oxygens (including phenoxy) is 3. The summed E-state index contributed by atoms with van der Waals surface area (Å²) >= 11 is 2.83. The van der Waals surface area contributed by atoms with Gasteiger partial charge >= 0.3 is 5.97 Å². The number of nitrogens with one attached hydrogen (secondary N) is 1. The van der Waals surface area contributed by atoms with Gasteiger partial charge in [0.25, 0.3) is 11.7 Å². The van der Waals surface area contributed by atoms with Gasteiger partial charge in [0, 0.05) is 24.6 Å². The zero-order chi connectivity index (χ0) is 21.3. The van der Waals surface area contributed by atoms with Crippen LogP contribution in [-0.2, 0) is 14.3 Å². The molecule has 5 rings (SSSR count). The Bertz CT molecular complexity index is 1110. The van der Waals surface area contributed by atoms with Crippen LogP contribution in [-0.4, -0.2) is 35.0 Å². The van der Waals surface area contributed by atoms with Crippen molar-refractivity contribution in [1.29, 1.82) is 0 Å². The second kappa shape index (κ2) is 8.39. The number of benzene rings is 2. The molecular formula is C22H20N2O5S2. The monoisotopic (exact) mass is 456 g/mol. The smallest absolute Gasteiger partial charge is 0.316 e. The van der Waals surface area contributed by atoms with Gasteiger partial charge in [-0.25, -0.2) is 4.98 Å². The van der Waals surface area contributed by atoms with Crippen LogP contribution < -0.4 is 14.8 Å². The van der Waals surface area contributed by atoms with Gasteiger partial charge in [-0.05, 0) is 37.1 Å². The Hall–Kier alpha value is -2.78. The second-order valence-electron chi connectivity index (χ2n) is 7.43. The summed E-state index contributed by atoms with van der Waals surface area (Å²) in [6.07, 6.45) is 3.91. The second-order valence-corrected chi connectivity index (χ2v) is 9.68. The Kier molecular flexibility index (Phi) is 5.45. The molecule has 1 fully saturated rings. The standard InChI is InChI=1S/C22H20N2O5S2/c25-19(12-27-20(26)13-30-21-24-15-5-1-2-6-18(15)31-21)23-14-7-8-16-17(11-14)29-22(28-16)9-3-4-10-22/h1-2,5-8,11H,3-4,9-10,12-13H2,(H,23,25). The van der Waals surface area contributed by atoms with E-state index < -0.39 is 17.7 Å². The fourth-order valence-electron chi connectivity index (χ4n) is 3.71. The molecule has 2 heterocycles. The molecule has 0 bridgehead atoms. The van der Waals surface area contributed by atoms with Crippen LogP contribution in [0.3, 0.4) is 0 Å². The van der Waals surface area contributed by atoms with Gasteiger partial charge in [0.1, 0.15) is 0 Å². The quantitative estimate of drug-likeness (QED) is 0.428. The summed E-state index contributed by atoms with van der Waals surface area (Å²) in [5.74, 6) is 0.00358. The van der Waals surface area contributed by atoms with Crippen LogP contribution in [0.5, 0.6) is 11.5 Å². The molecule has 31 heavy (non-hydrogen) atoms. The molecule has 7 nitrogen and oxygen atoms in total. The number of para-hydroxylation sites is 1. The van der Waals surface area contributed by atoms with E-state index in [1.165, 1.54) is 23.1 Å². The Morgan fingerprint density at radius 2 is 1.94 bits per heavy atom. The van der Waals surface area contributed by atoms with Crippen LogP contribution in [0.1, 0.15) is 25.7 Å². The summed E-state index contributed by atoms with van der Waals surface area (Å²) in [5.41, 5.74) is 1.48. The third-order valence-electron chi connectivity index (χ3n) is 5.14. The van der Waals surface area contributed by atoms with E-state index in [2.05, 4.69) is 10.3 Å². The summed E-state index contributed by atoms with van der Waals surface area (Å²) in [6.45, 7) is -0.350. The molecule has 1 saturated carbocycles. The SMILES string of the molecule is O=C(COC(=O)CSc1nc2ccccc2s1)Nc1ccc2c(c1)OC1(CCCC1)O2. The highest BCUT2D eigenvalue weighted by Gasteiger charge is 2.44. The van der Waals surface area contributed by atoms with Crippen molar-refractivity contribution >= 4 is 50.9 Å². The van der Waals surface area contributed by atoms with Crippen LogP contribution in [0.2, 0.25) is 0 Å². The molecule has 2 aromatic carbocycles. The first-order chi connectivity index (χ1) is 15.1. The first-order valence-electron chi connectivity index (χ1n) is 10.0. The first kappa shape index (κ1) is 20.1. The van der Waals surface area contributed by atoms with Crippen molar-refractivity contribution in [2.75, 3.05) is 17.7 Å². The average Bonchev–Trinajstić information content (AvgIpc) is 3.48. The number of esters is 1. The van der Waals surface area contributed by atoms with Gasteiger partial charge in [0.2, 0.25) is 0 Å². The third kappa shape index (κ3) is 4.47. The molecule has 1 aromatic heterocycles.